The van der Waals surface area contributed by atoms with Crippen LogP contribution < -0.4 is 5.32 Å². The average Bonchev–Trinajstić information content (AvgIpc) is 3.10. The van der Waals surface area contributed by atoms with Crippen LogP contribution in [0.5, 0.6) is 0 Å². The Morgan fingerprint density at radius 1 is 1.21 bits per heavy atom. The molecule has 3 aromatic rings. The first-order chi connectivity index (χ1) is 13.3. The predicted octanol–water partition coefficient (Wildman–Crippen LogP) is 5.69. The molecule has 1 amide bonds. The van der Waals surface area contributed by atoms with E-state index in [1.165, 1.54) is 30.0 Å². The second kappa shape index (κ2) is 8.62. The molecule has 0 fully saturated rings. The highest BCUT2D eigenvalue weighted by Gasteiger charge is 2.38. The van der Waals surface area contributed by atoms with Crippen molar-refractivity contribution in [3.63, 3.8) is 0 Å². The van der Waals surface area contributed by atoms with Crippen molar-refractivity contribution in [2.75, 3.05) is 5.32 Å². The Bertz CT molecular complexity index is 1010. The Labute approximate surface area is 175 Å². The van der Waals surface area contributed by atoms with Crippen LogP contribution >= 0.6 is 39.0 Å². The van der Waals surface area contributed by atoms with Crippen LogP contribution in [0.15, 0.2) is 51.3 Å². The molecule has 1 aromatic heterocycles. The summed E-state index contributed by atoms with van der Waals surface area (Å²) >= 11 is 5.38. The minimum Gasteiger partial charge on any atom is -0.297 e. The van der Waals surface area contributed by atoms with E-state index in [1.54, 1.807) is 18.2 Å². The fourth-order valence-electron chi connectivity index (χ4n) is 2.30. The molecule has 0 bridgehead atoms. The van der Waals surface area contributed by atoms with E-state index < -0.39 is 17.4 Å². The first-order valence-corrected chi connectivity index (χ1v) is 10.5. The van der Waals surface area contributed by atoms with Crippen LogP contribution in [0.25, 0.3) is 0 Å². The van der Waals surface area contributed by atoms with Gasteiger partial charge in [0.15, 0.2) is 4.34 Å². The van der Waals surface area contributed by atoms with E-state index in [-0.39, 0.29) is 16.5 Å². The van der Waals surface area contributed by atoms with E-state index in [4.69, 9.17) is 0 Å². The maximum atomic E-state index is 14.9. The summed E-state index contributed by atoms with van der Waals surface area (Å²) in [6, 6.07) is 10.1. The lowest BCUT2D eigenvalue weighted by molar-refractivity contribution is -0.127. The molecule has 4 nitrogen and oxygen atoms in total. The summed E-state index contributed by atoms with van der Waals surface area (Å²) < 4.78 is 43.5. The maximum Gasteiger partial charge on any atom is 0.268 e. The molecule has 10 heteroatoms. The van der Waals surface area contributed by atoms with Gasteiger partial charge in [-0.2, -0.15) is 0 Å². The number of nitrogens with zero attached hydrogens (tertiary/aromatic N) is 2. The first kappa shape index (κ1) is 20.8. The topological polar surface area (TPSA) is 54.9 Å². The van der Waals surface area contributed by atoms with E-state index in [0.29, 0.717) is 20.1 Å². The first-order valence-electron chi connectivity index (χ1n) is 7.93. The van der Waals surface area contributed by atoms with Crippen LogP contribution in [-0.2, 0) is 16.2 Å². The summed E-state index contributed by atoms with van der Waals surface area (Å²) in [5.74, 6) is -1.91. The molecule has 0 spiro atoms. The second-order valence-corrected chi connectivity index (χ2v) is 8.87. The summed E-state index contributed by atoms with van der Waals surface area (Å²) in [5.41, 5.74) is -2.46. The molecule has 1 atom stereocenters. The number of anilines is 1. The molecule has 3 rings (SSSR count). The second-order valence-electron chi connectivity index (χ2n) is 5.81. The molecular formula is C18H13BrF3N3OS2. The molecule has 28 heavy (non-hydrogen) atoms. The normalized spacial score (nSPS) is 13.2. The van der Waals surface area contributed by atoms with E-state index in [9.17, 15) is 18.0 Å². The zero-order chi connectivity index (χ0) is 20.3. The molecule has 0 saturated carbocycles. The Morgan fingerprint density at radius 2 is 1.96 bits per heavy atom. The van der Waals surface area contributed by atoms with Gasteiger partial charge >= 0.3 is 0 Å². The van der Waals surface area contributed by atoms with Gasteiger partial charge in [0.1, 0.15) is 11.6 Å². The quantitative estimate of drug-likeness (QED) is 0.358. The summed E-state index contributed by atoms with van der Waals surface area (Å²) in [4.78, 5) is 12.3. The van der Waals surface area contributed by atoms with Crippen LogP contribution in [0.1, 0.15) is 18.1 Å². The molecule has 0 saturated heterocycles. The number of carbonyl (C=O) groups is 1. The van der Waals surface area contributed by atoms with E-state index in [1.807, 2.05) is 0 Å². The van der Waals surface area contributed by atoms with Gasteiger partial charge in [-0.1, -0.05) is 53.4 Å². The molecule has 0 radical (unpaired) electrons. The van der Waals surface area contributed by atoms with Gasteiger partial charge in [-0.3, -0.25) is 10.1 Å². The number of hydrogen-bond donors (Lipinski definition) is 1. The van der Waals surface area contributed by atoms with E-state index in [2.05, 4.69) is 31.4 Å². The molecule has 1 N–H and O–H groups in total. The van der Waals surface area contributed by atoms with Crippen molar-refractivity contribution in [1.29, 1.82) is 0 Å². The molecule has 2 aromatic carbocycles. The lowest BCUT2D eigenvalue weighted by atomic mass is 9.96. The number of nitrogens with one attached hydrogen (secondary N) is 1. The van der Waals surface area contributed by atoms with Gasteiger partial charge in [0, 0.05) is 11.3 Å². The van der Waals surface area contributed by atoms with Gasteiger partial charge in [-0.25, -0.2) is 13.2 Å². The third-order valence-electron chi connectivity index (χ3n) is 3.82. The van der Waals surface area contributed by atoms with Gasteiger partial charge in [0.25, 0.3) is 5.91 Å². The SMILES string of the molecule is CC(F)(C(=O)Nc1nnc(SCc2cccc(Br)c2F)s1)c1ccccc1F. The van der Waals surface area contributed by atoms with Gasteiger partial charge < -0.3 is 0 Å². The van der Waals surface area contributed by atoms with Crippen LogP contribution in [0, 0.1) is 11.6 Å². The van der Waals surface area contributed by atoms with Crippen LogP contribution in [0.4, 0.5) is 18.3 Å². The summed E-state index contributed by atoms with van der Waals surface area (Å²) in [7, 11) is 0. The molecule has 1 heterocycles. The third-order valence-corrected chi connectivity index (χ3v) is 6.45. The zero-order valence-electron chi connectivity index (χ0n) is 14.4. The van der Waals surface area contributed by atoms with Crippen LogP contribution in [0.3, 0.4) is 0 Å². The number of aromatic nitrogens is 2. The number of hydrogen-bond acceptors (Lipinski definition) is 5. The number of thioether (sulfide) groups is 1. The molecular weight excluding hydrogens is 475 g/mol. The van der Waals surface area contributed by atoms with Crippen molar-refractivity contribution in [2.45, 2.75) is 22.7 Å². The zero-order valence-corrected chi connectivity index (χ0v) is 17.6. The van der Waals surface area contributed by atoms with Crippen LogP contribution in [-0.4, -0.2) is 16.1 Å². The third kappa shape index (κ3) is 4.56. The van der Waals surface area contributed by atoms with Crippen molar-refractivity contribution in [3.8, 4) is 0 Å². The smallest absolute Gasteiger partial charge is 0.268 e. The monoisotopic (exact) mass is 487 g/mol. The molecule has 0 aliphatic rings. The fraction of sp³-hybridized carbons (Fsp3) is 0.167. The fourth-order valence-corrected chi connectivity index (χ4v) is 4.43. The van der Waals surface area contributed by atoms with Crippen molar-refractivity contribution < 1.29 is 18.0 Å². The highest BCUT2D eigenvalue weighted by Crippen LogP contribution is 2.33. The minimum absolute atomic E-state index is 0.0717. The predicted molar refractivity (Wildman–Crippen MR) is 107 cm³/mol. The standard InChI is InChI=1S/C18H13BrF3N3OS2/c1-18(22,11-6-2-3-8-13(11)20)15(26)23-16-24-25-17(28-16)27-9-10-5-4-7-12(19)14(10)21/h2-8H,9H2,1H3,(H,23,24,26). The van der Waals surface area contributed by atoms with Gasteiger partial charge in [-0.05, 0) is 40.5 Å². The Kier molecular flexibility index (Phi) is 6.41. The number of alkyl halides is 1. The summed E-state index contributed by atoms with van der Waals surface area (Å²) in [6.45, 7) is 0.980. The van der Waals surface area contributed by atoms with Gasteiger partial charge in [0.2, 0.25) is 10.8 Å². The Morgan fingerprint density at radius 3 is 2.71 bits per heavy atom. The van der Waals surface area contributed by atoms with E-state index in [0.717, 1.165) is 24.3 Å². The highest BCUT2D eigenvalue weighted by molar-refractivity contribution is 9.10. The largest absolute Gasteiger partial charge is 0.297 e. The van der Waals surface area contributed by atoms with Crippen LogP contribution in [0.2, 0.25) is 0 Å². The van der Waals surface area contributed by atoms with Crippen molar-refractivity contribution in [2.24, 2.45) is 0 Å². The molecule has 0 aliphatic carbocycles. The molecule has 1 unspecified atom stereocenters. The maximum absolute atomic E-state index is 14.9. The minimum atomic E-state index is -2.58. The number of carbonyl (C=O) groups excluding carboxylic acids is 1. The lowest BCUT2D eigenvalue weighted by Crippen LogP contribution is -2.34. The number of halogens is 4. The highest BCUT2D eigenvalue weighted by atomic mass is 79.9. The number of amides is 1. The van der Waals surface area contributed by atoms with Crippen molar-refractivity contribution in [1.82, 2.24) is 10.2 Å². The summed E-state index contributed by atoms with van der Waals surface area (Å²) in [5, 5.41) is 10.1. The lowest BCUT2D eigenvalue weighted by Gasteiger charge is -2.19. The van der Waals surface area contributed by atoms with Crippen molar-refractivity contribution >= 4 is 50.1 Å². The summed E-state index contributed by atoms with van der Waals surface area (Å²) in [6.07, 6.45) is 0. The number of benzene rings is 2. The van der Waals surface area contributed by atoms with Gasteiger partial charge in [0.05, 0.1) is 4.47 Å². The van der Waals surface area contributed by atoms with Crippen molar-refractivity contribution in [3.05, 3.63) is 69.7 Å². The molecule has 146 valence electrons. The Hall–Kier alpha value is -1.91. The average molecular weight is 488 g/mol. The Balaban J connectivity index is 1.66. The van der Waals surface area contributed by atoms with Gasteiger partial charge in [-0.15, -0.1) is 10.2 Å². The van der Waals surface area contributed by atoms with E-state index >= 15 is 0 Å². The molecule has 0 aliphatic heterocycles. The number of rotatable bonds is 6.